The molecule has 5 fully saturated rings. The number of hydrogen-bond donors (Lipinski definition) is 7. The number of hydrogen-bond acceptors (Lipinski definition) is 17. The van der Waals surface area contributed by atoms with Crippen LogP contribution < -0.4 is 10.6 Å². The number of fused-ring (bicyclic) bond motifs is 4. The molecule has 398 valence electrons. The van der Waals surface area contributed by atoms with Crippen molar-refractivity contribution in [1.82, 2.24) is 15.7 Å². The van der Waals surface area contributed by atoms with Crippen LogP contribution in [0.25, 0.3) is 6.08 Å². The number of aliphatic hydroxyl groups excluding tert-OH is 5. The molecule has 19 nitrogen and oxygen atoms in total. The maximum absolute atomic E-state index is 15.2. The minimum Gasteiger partial charge on any atom is -0.460 e. The quantitative estimate of drug-likeness (QED) is 0.0587. The summed E-state index contributed by atoms with van der Waals surface area (Å²) in [6, 6.07) is 12.2. The van der Waals surface area contributed by atoms with Crippen molar-refractivity contribution in [3.05, 3.63) is 76.9 Å². The third kappa shape index (κ3) is 12.6. The molecule has 2 aromatic carbocycles. The molecule has 12 atom stereocenters. The maximum Gasteiger partial charge on any atom is 0.327 e. The van der Waals surface area contributed by atoms with Gasteiger partial charge in [0.2, 0.25) is 5.91 Å². The number of nitrogens with one attached hydrogen (secondary N) is 2. The number of carbonyl (C=O) groups excluding carboxylic acids is 4. The van der Waals surface area contributed by atoms with Crippen LogP contribution in [0.5, 0.6) is 0 Å². The average molecular weight is 1010 g/mol. The Labute approximate surface area is 421 Å². The summed E-state index contributed by atoms with van der Waals surface area (Å²) in [5.74, 6) is -2.96. The molecule has 0 radical (unpaired) electrons. The molecule has 2 bridgehead atoms. The second kappa shape index (κ2) is 24.3. The standard InChI is InChI=1S/C53H75N3O16/c1-6-8-12-23-52(24-13-9-7-2)70-43-37-27-53(50(65)54-28-32-16-14-19-34(26-32)47(63)55-36(30-57)21-22-39(59)69-51(3,4)5)45(48(64)67-37)56(72-46(53)44(43)71-52)29-35-18-11-10-17-33(35)20-15-25-66-49-42(62)41(61)40(60)38(31-58)68-49/h10-11,14-20,26,36-38,40-46,49,57-58,60-62H,6-9,12-13,21-25,27-31H2,1-5H3,(H,54,65)(H,55,63)/t36-,37+,38+,40-,41-,42+,43-,44-,45+,46+,49-,53+/m0/s1. The molecule has 2 aromatic rings. The van der Waals surface area contributed by atoms with E-state index in [0.29, 0.717) is 18.4 Å². The van der Waals surface area contributed by atoms with Crippen molar-refractivity contribution in [2.24, 2.45) is 5.41 Å². The normalized spacial score (nSPS) is 30.2. The summed E-state index contributed by atoms with van der Waals surface area (Å²) in [6.07, 6.45) is 0.325. The number of esters is 2. The van der Waals surface area contributed by atoms with Crippen LogP contribution in [0.2, 0.25) is 0 Å². The number of carbonyl (C=O) groups is 4. The van der Waals surface area contributed by atoms with E-state index in [1.807, 2.05) is 24.3 Å². The van der Waals surface area contributed by atoms with E-state index in [4.69, 9.17) is 33.3 Å². The largest absolute Gasteiger partial charge is 0.460 e. The molecule has 4 heterocycles. The molecule has 4 saturated heterocycles. The van der Waals surface area contributed by atoms with Gasteiger partial charge in [0.05, 0.1) is 32.4 Å². The topological polar surface area (TPSA) is 261 Å². The molecule has 4 aliphatic heterocycles. The summed E-state index contributed by atoms with van der Waals surface area (Å²) in [4.78, 5) is 62.4. The van der Waals surface area contributed by atoms with Crippen molar-refractivity contribution < 1.29 is 78.0 Å². The number of rotatable bonds is 24. The zero-order valence-corrected chi connectivity index (χ0v) is 42.1. The van der Waals surface area contributed by atoms with Crippen molar-refractivity contribution in [2.45, 2.75) is 197 Å². The Kier molecular flexibility index (Phi) is 18.7. The third-order valence-corrected chi connectivity index (χ3v) is 14.2. The average Bonchev–Trinajstić information content (AvgIpc) is 3.91. The van der Waals surface area contributed by atoms with Gasteiger partial charge >= 0.3 is 11.9 Å². The second-order valence-corrected chi connectivity index (χ2v) is 20.7. The Morgan fingerprint density at radius 3 is 2.35 bits per heavy atom. The van der Waals surface area contributed by atoms with Gasteiger partial charge in [0.15, 0.2) is 18.1 Å². The minimum absolute atomic E-state index is 0.00172. The lowest BCUT2D eigenvalue weighted by Gasteiger charge is -2.48. The number of nitrogens with zero attached hydrogens (tertiary/aromatic N) is 1. The highest BCUT2D eigenvalue weighted by Gasteiger charge is 2.76. The summed E-state index contributed by atoms with van der Waals surface area (Å²) >= 11 is 0. The molecule has 0 spiro atoms. The molecule has 0 unspecified atom stereocenters. The fourth-order valence-corrected chi connectivity index (χ4v) is 10.6. The predicted octanol–water partition coefficient (Wildman–Crippen LogP) is 3.49. The summed E-state index contributed by atoms with van der Waals surface area (Å²) in [7, 11) is 0. The van der Waals surface area contributed by atoms with Gasteiger partial charge in [-0.2, -0.15) is 5.06 Å². The fourth-order valence-electron chi connectivity index (χ4n) is 10.6. The van der Waals surface area contributed by atoms with Gasteiger partial charge in [-0.3, -0.25) is 24.0 Å². The van der Waals surface area contributed by atoms with Gasteiger partial charge in [-0.05, 0) is 68.9 Å². The Balaban J connectivity index is 1.12. The monoisotopic (exact) mass is 1010 g/mol. The van der Waals surface area contributed by atoms with E-state index in [0.717, 1.165) is 49.7 Å². The van der Waals surface area contributed by atoms with E-state index in [9.17, 15) is 39.9 Å². The first-order chi connectivity index (χ1) is 34.5. The predicted molar refractivity (Wildman–Crippen MR) is 259 cm³/mol. The molecular formula is C53H75N3O16. The van der Waals surface area contributed by atoms with Crippen LogP contribution in [0, 0.1) is 5.41 Å². The summed E-state index contributed by atoms with van der Waals surface area (Å²) in [5, 5.41) is 57.8. The van der Waals surface area contributed by atoms with Crippen LogP contribution in [0.4, 0.5) is 0 Å². The Bertz CT molecular complexity index is 2190. The number of aliphatic hydroxyl groups is 5. The molecular weight excluding hydrogens is 935 g/mol. The van der Waals surface area contributed by atoms with Crippen molar-refractivity contribution >= 4 is 29.8 Å². The zero-order chi connectivity index (χ0) is 51.8. The number of unbranched alkanes of at least 4 members (excludes halogenated alkanes) is 4. The van der Waals surface area contributed by atoms with Gasteiger partial charge in [0.25, 0.3) is 5.91 Å². The van der Waals surface area contributed by atoms with Gasteiger partial charge in [0, 0.05) is 37.8 Å². The molecule has 0 aromatic heterocycles. The summed E-state index contributed by atoms with van der Waals surface area (Å²) in [5.41, 5.74) is 0.157. The Morgan fingerprint density at radius 1 is 0.931 bits per heavy atom. The van der Waals surface area contributed by atoms with E-state index >= 15 is 4.79 Å². The third-order valence-electron chi connectivity index (χ3n) is 14.2. The first-order valence-corrected chi connectivity index (χ1v) is 25.6. The van der Waals surface area contributed by atoms with Crippen LogP contribution in [0.1, 0.15) is 132 Å². The second-order valence-electron chi connectivity index (χ2n) is 20.7. The Morgan fingerprint density at radius 2 is 1.65 bits per heavy atom. The number of ether oxygens (including phenoxy) is 6. The summed E-state index contributed by atoms with van der Waals surface area (Å²) in [6.45, 7) is 8.53. The van der Waals surface area contributed by atoms with E-state index < -0.39 is 121 Å². The van der Waals surface area contributed by atoms with Crippen LogP contribution in [-0.2, 0) is 60.7 Å². The van der Waals surface area contributed by atoms with Crippen molar-refractivity contribution in [2.75, 3.05) is 19.8 Å². The molecule has 5 aliphatic rings. The van der Waals surface area contributed by atoms with E-state index in [1.54, 1.807) is 57.2 Å². The van der Waals surface area contributed by atoms with Crippen molar-refractivity contribution in [3.8, 4) is 0 Å². The minimum atomic E-state index is -1.59. The number of hydroxylamine groups is 2. The van der Waals surface area contributed by atoms with Crippen LogP contribution in [-0.4, -0.2) is 153 Å². The van der Waals surface area contributed by atoms with E-state index in [-0.39, 0.29) is 44.5 Å². The molecule has 72 heavy (non-hydrogen) atoms. The molecule has 19 heteroatoms. The van der Waals surface area contributed by atoms with Gasteiger partial charge in [-0.25, -0.2) is 0 Å². The molecule has 7 N–H and O–H groups in total. The molecule has 2 amide bonds. The highest BCUT2D eigenvalue weighted by atomic mass is 16.8. The molecule has 1 saturated carbocycles. The number of amides is 2. The Hall–Kier alpha value is -4.38. The molecule has 1 aliphatic carbocycles. The highest BCUT2D eigenvalue weighted by molar-refractivity contribution is 5.95. The number of benzene rings is 2. The molecule has 7 rings (SSSR count). The zero-order valence-electron chi connectivity index (χ0n) is 42.1. The lowest BCUT2D eigenvalue weighted by atomic mass is 9.62. The van der Waals surface area contributed by atoms with E-state index in [2.05, 4.69) is 24.5 Å². The maximum atomic E-state index is 15.2. The van der Waals surface area contributed by atoms with Crippen LogP contribution >= 0.6 is 0 Å². The smallest absolute Gasteiger partial charge is 0.327 e. The van der Waals surface area contributed by atoms with Crippen LogP contribution in [0.3, 0.4) is 0 Å². The highest BCUT2D eigenvalue weighted by Crippen LogP contribution is 2.58. The lowest BCUT2D eigenvalue weighted by molar-refractivity contribution is -0.298. The van der Waals surface area contributed by atoms with Gasteiger partial charge in [-0.1, -0.05) is 88.1 Å². The SMILES string of the molecule is CCCCCC1(CCCCC)O[C@@H]2[C@H](O1)[C@H]1ON(Cc3ccccc3C=CCO[C@H]3O[C@H](CO)[C@H](O)[C@H](O)[C@H]3O)[C@@H]3C(=O)O[C@@H]2C[C@]13C(=O)NCc1cccc(C(=O)N[C@H](CO)CCC(=O)OC(C)(C)C)c1. The van der Waals surface area contributed by atoms with Crippen molar-refractivity contribution in [3.63, 3.8) is 0 Å². The van der Waals surface area contributed by atoms with Gasteiger partial charge in [-0.15, -0.1) is 0 Å². The first kappa shape index (κ1) is 55.4. The van der Waals surface area contributed by atoms with Gasteiger partial charge < -0.3 is 64.6 Å². The van der Waals surface area contributed by atoms with Crippen molar-refractivity contribution in [1.29, 1.82) is 0 Å². The van der Waals surface area contributed by atoms with Crippen LogP contribution in [0.15, 0.2) is 54.6 Å². The first-order valence-electron chi connectivity index (χ1n) is 25.6. The fraction of sp³-hybridized carbons (Fsp3) is 0.660. The lowest BCUT2D eigenvalue weighted by Crippen LogP contribution is -2.69. The van der Waals surface area contributed by atoms with Gasteiger partial charge in [0.1, 0.15) is 59.8 Å². The van der Waals surface area contributed by atoms with E-state index in [1.165, 1.54) is 5.06 Å². The summed E-state index contributed by atoms with van der Waals surface area (Å²) < 4.78 is 36.8.